The summed E-state index contributed by atoms with van der Waals surface area (Å²) in [6, 6.07) is 6.02. The maximum atomic E-state index is 12.6. The van der Waals surface area contributed by atoms with Gasteiger partial charge in [-0.15, -0.1) is 0 Å². The van der Waals surface area contributed by atoms with Crippen molar-refractivity contribution in [2.45, 2.75) is 53.7 Å². The van der Waals surface area contributed by atoms with Gasteiger partial charge in [-0.1, -0.05) is 5.57 Å². The van der Waals surface area contributed by atoms with Crippen molar-refractivity contribution in [1.82, 2.24) is 4.57 Å². The summed E-state index contributed by atoms with van der Waals surface area (Å²) in [5.74, 6) is 1.17. The average molecular weight is 383 g/mol. The molecule has 28 heavy (non-hydrogen) atoms. The van der Waals surface area contributed by atoms with E-state index < -0.39 is 0 Å². The highest BCUT2D eigenvalue weighted by Gasteiger charge is 2.26. The van der Waals surface area contributed by atoms with E-state index in [2.05, 4.69) is 10.6 Å². The summed E-state index contributed by atoms with van der Waals surface area (Å²) >= 11 is 0. The summed E-state index contributed by atoms with van der Waals surface area (Å²) in [6.07, 6.45) is 2.95. The minimum absolute atomic E-state index is 0.0404. The smallest absolute Gasteiger partial charge is 0.340 e. The highest BCUT2D eigenvalue weighted by atomic mass is 16.5. The molecular formula is C23H29NO4. The van der Waals surface area contributed by atoms with Gasteiger partial charge in [-0.2, -0.15) is 0 Å². The first-order chi connectivity index (χ1) is 13.3. The number of nitrogens with zero attached hydrogens (tertiary/aromatic N) is 1. The zero-order chi connectivity index (χ0) is 20.4. The van der Waals surface area contributed by atoms with Crippen LogP contribution < -0.4 is 9.47 Å². The van der Waals surface area contributed by atoms with Crippen LogP contribution in [0.1, 0.15) is 56.2 Å². The van der Waals surface area contributed by atoms with E-state index in [0.717, 1.165) is 41.2 Å². The number of hydrogen-bond donors (Lipinski definition) is 0. The van der Waals surface area contributed by atoms with Gasteiger partial charge in [-0.3, -0.25) is 0 Å². The summed E-state index contributed by atoms with van der Waals surface area (Å²) < 4.78 is 19.0. The SMILES string of the molecule is CCOC(=O)c1cc2n(c1C=C(C)C)CCc1cc(OC)c(OC(C)C)cc1-2. The summed E-state index contributed by atoms with van der Waals surface area (Å²) in [7, 11) is 1.66. The molecule has 1 aromatic heterocycles. The van der Waals surface area contributed by atoms with Crippen molar-refractivity contribution in [3.63, 3.8) is 0 Å². The Morgan fingerprint density at radius 1 is 1.21 bits per heavy atom. The van der Waals surface area contributed by atoms with E-state index in [9.17, 15) is 4.79 Å². The lowest BCUT2D eigenvalue weighted by Gasteiger charge is -2.23. The number of methoxy groups -OCH3 is 1. The summed E-state index contributed by atoms with van der Waals surface area (Å²) in [4.78, 5) is 12.6. The molecule has 3 rings (SSSR count). The number of rotatable bonds is 6. The Labute approximate surface area is 166 Å². The van der Waals surface area contributed by atoms with Gasteiger partial charge >= 0.3 is 5.97 Å². The largest absolute Gasteiger partial charge is 0.493 e. The Hall–Kier alpha value is -2.69. The first-order valence-electron chi connectivity index (χ1n) is 9.79. The van der Waals surface area contributed by atoms with Crippen LogP contribution in [0, 0.1) is 0 Å². The Morgan fingerprint density at radius 2 is 1.96 bits per heavy atom. The van der Waals surface area contributed by atoms with E-state index >= 15 is 0 Å². The third-order valence-corrected chi connectivity index (χ3v) is 4.69. The van der Waals surface area contributed by atoms with E-state index in [-0.39, 0.29) is 12.1 Å². The fourth-order valence-electron chi connectivity index (χ4n) is 3.61. The topological polar surface area (TPSA) is 49.7 Å². The first-order valence-corrected chi connectivity index (χ1v) is 9.79. The zero-order valence-electron chi connectivity index (χ0n) is 17.6. The molecule has 1 aliphatic rings. The lowest BCUT2D eigenvalue weighted by molar-refractivity contribution is 0.0526. The summed E-state index contributed by atoms with van der Waals surface area (Å²) in [5, 5.41) is 0. The summed E-state index contributed by atoms with van der Waals surface area (Å²) in [6.45, 7) is 11.0. The maximum absolute atomic E-state index is 12.6. The number of ether oxygens (including phenoxy) is 3. The molecule has 0 saturated heterocycles. The van der Waals surface area contributed by atoms with Crippen LogP contribution in [-0.4, -0.2) is 30.4 Å². The number of allylic oxidation sites excluding steroid dienone is 1. The van der Waals surface area contributed by atoms with Gasteiger partial charge in [0.1, 0.15) is 0 Å². The van der Waals surface area contributed by atoms with Crippen LogP contribution in [-0.2, 0) is 17.7 Å². The molecule has 0 aliphatic carbocycles. The van der Waals surface area contributed by atoms with E-state index in [1.54, 1.807) is 7.11 Å². The second-order valence-electron chi connectivity index (χ2n) is 7.50. The van der Waals surface area contributed by atoms with Crippen LogP contribution in [0.5, 0.6) is 11.5 Å². The molecule has 0 radical (unpaired) electrons. The van der Waals surface area contributed by atoms with Gasteiger partial charge in [0.05, 0.1) is 31.1 Å². The molecule has 0 amide bonds. The van der Waals surface area contributed by atoms with Gasteiger partial charge in [-0.25, -0.2) is 4.79 Å². The fraction of sp³-hybridized carbons (Fsp3) is 0.435. The molecule has 0 spiro atoms. The van der Waals surface area contributed by atoms with Crippen LogP contribution in [0.3, 0.4) is 0 Å². The predicted molar refractivity (Wildman–Crippen MR) is 111 cm³/mol. The van der Waals surface area contributed by atoms with E-state index in [0.29, 0.717) is 17.9 Å². The highest BCUT2D eigenvalue weighted by molar-refractivity contribution is 5.96. The maximum Gasteiger partial charge on any atom is 0.340 e. The van der Waals surface area contributed by atoms with Gasteiger partial charge in [0.25, 0.3) is 0 Å². The third-order valence-electron chi connectivity index (χ3n) is 4.69. The molecule has 5 heteroatoms. The van der Waals surface area contributed by atoms with Crippen molar-refractivity contribution in [2.75, 3.05) is 13.7 Å². The molecule has 0 atom stereocenters. The molecule has 0 fully saturated rings. The van der Waals surface area contributed by atoms with Gasteiger partial charge in [0, 0.05) is 17.8 Å². The van der Waals surface area contributed by atoms with Gasteiger partial charge < -0.3 is 18.8 Å². The number of hydrogen-bond acceptors (Lipinski definition) is 4. The Balaban J connectivity index is 2.20. The average Bonchev–Trinajstić information content (AvgIpc) is 2.99. The number of fused-ring (bicyclic) bond motifs is 3. The molecule has 0 N–H and O–H groups in total. The van der Waals surface area contributed by atoms with Gasteiger partial charge in [0.2, 0.25) is 0 Å². The fourth-order valence-corrected chi connectivity index (χ4v) is 3.61. The van der Waals surface area contributed by atoms with Crippen molar-refractivity contribution in [1.29, 1.82) is 0 Å². The lowest BCUT2D eigenvalue weighted by Crippen LogP contribution is -2.14. The third kappa shape index (κ3) is 3.79. The van der Waals surface area contributed by atoms with Crippen molar-refractivity contribution in [3.8, 4) is 22.8 Å². The van der Waals surface area contributed by atoms with E-state index in [1.165, 1.54) is 5.56 Å². The van der Waals surface area contributed by atoms with Crippen LogP contribution in [0.4, 0.5) is 0 Å². The number of carbonyl (C=O) groups excluding carboxylic acids is 1. The number of aromatic nitrogens is 1. The number of carbonyl (C=O) groups is 1. The number of esters is 1. The van der Waals surface area contributed by atoms with Gasteiger partial charge in [-0.05, 0) is 70.9 Å². The van der Waals surface area contributed by atoms with E-state index in [4.69, 9.17) is 14.2 Å². The molecule has 0 saturated carbocycles. The predicted octanol–water partition coefficient (Wildman–Crippen LogP) is 5.11. The van der Waals surface area contributed by atoms with Crippen molar-refractivity contribution in [3.05, 3.63) is 40.6 Å². The van der Waals surface area contributed by atoms with Crippen LogP contribution in [0.15, 0.2) is 23.8 Å². The molecule has 150 valence electrons. The van der Waals surface area contributed by atoms with Crippen LogP contribution >= 0.6 is 0 Å². The first kappa shape index (κ1) is 20.1. The molecular weight excluding hydrogens is 354 g/mol. The molecule has 0 unspecified atom stereocenters. The lowest BCUT2D eigenvalue weighted by atomic mass is 9.97. The Bertz CT molecular complexity index is 917. The molecule has 1 aromatic carbocycles. The quantitative estimate of drug-likeness (QED) is 0.651. The van der Waals surface area contributed by atoms with Crippen LogP contribution in [0.25, 0.3) is 17.3 Å². The molecule has 1 aliphatic heterocycles. The van der Waals surface area contributed by atoms with Crippen molar-refractivity contribution in [2.24, 2.45) is 0 Å². The standard InChI is InChI=1S/C23H29NO4/c1-7-27-23(25)18-12-20-17-13-22(28-15(4)5)21(26-6)11-16(17)8-9-24(20)19(18)10-14(2)3/h10-13,15H,7-9H2,1-6H3. The minimum atomic E-state index is -0.286. The number of aryl methyl sites for hydroxylation is 1. The van der Waals surface area contributed by atoms with Gasteiger partial charge in [0.15, 0.2) is 11.5 Å². The van der Waals surface area contributed by atoms with Crippen LogP contribution in [0.2, 0.25) is 0 Å². The normalized spacial score (nSPS) is 12.2. The Morgan fingerprint density at radius 3 is 2.57 bits per heavy atom. The summed E-state index contributed by atoms with van der Waals surface area (Å²) in [5.41, 5.74) is 5.91. The van der Waals surface area contributed by atoms with Crippen molar-refractivity contribution >= 4 is 12.0 Å². The molecule has 0 bridgehead atoms. The monoisotopic (exact) mass is 383 g/mol. The second-order valence-corrected chi connectivity index (χ2v) is 7.50. The Kier molecular flexibility index (Phi) is 5.82. The molecule has 5 nitrogen and oxygen atoms in total. The number of benzene rings is 1. The molecule has 2 heterocycles. The zero-order valence-corrected chi connectivity index (χ0v) is 17.6. The second kappa shape index (κ2) is 8.13. The van der Waals surface area contributed by atoms with Crippen molar-refractivity contribution < 1.29 is 19.0 Å². The molecule has 2 aromatic rings. The minimum Gasteiger partial charge on any atom is -0.493 e. The highest BCUT2D eigenvalue weighted by Crippen LogP contribution is 2.41. The van der Waals surface area contributed by atoms with E-state index in [1.807, 2.05) is 52.8 Å².